The maximum atomic E-state index is 11.7. The number of nitrogens with zero attached hydrogens (tertiary/aromatic N) is 1. The topological polar surface area (TPSA) is 37.4 Å². The fraction of sp³-hybridized carbons (Fsp3) is 0.375. The van der Waals surface area contributed by atoms with Crippen LogP contribution in [0.4, 0.5) is 5.69 Å². The van der Waals surface area contributed by atoms with Gasteiger partial charge in [0, 0.05) is 18.8 Å². The first-order valence-electron chi connectivity index (χ1n) is 7.07. The standard InChI is InChI=1S/C16H14ClNO2/c17-13-12(15(19)16(13)20)11-7-9-3-1-5-18-6-2-4-10(8-11)14(9)18/h7-8H,1-6H2. The van der Waals surface area contributed by atoms with Crippen LogP contribution in [0.5, 0.6) is 0 Å². The first-order chi connectivity index (χ1) is 9.66. The van der Waals surface area contributed by atoms with Crippen LogP contribution in [0.3, 0.4) is 0 Å². The summed E-state index contributed by atoms with van der Waals surface area (Å²) in [5.41, 5.74) is 4.22. The third-order valence-corrected chi connectivity index (χ3v) is 4.83. The molecule has 3 nitrogen and oxygen atoms in total. The van der Waals surface area contributed by atoms with E-state index in [4.69, 9.17) is 11.6 Å². The summed E-state index contributed by atoms with van der Waals surface area (Å²) in [6.45, 7) is 2.25. The molecule has 2 heterocycles. The number of anilines is 1. The molecule has 0 saturated carbocycles. The lowest BCUT2D eigenvalue weighted by molar-refractivity contribution is 0.634. The molecular weight excluding hydrogens is 274 g/mol. The van der Waals surface area contributed by atoms with E-state index in [-0.39, 0.29) is 5.02 Å². The normalized spacial score (nSPS) is 17.4. The highest BCUT2D eigenvalue weighted by atomic mass is 35.5. The van der Waals surface area contributed by atoms with E-state index in [9.17, 15) is 9.59 Å². The molecular formula is C16H14ClNO2. The van der Waals surface area contributed by atoms with E-state index < -0.39 is 10.9 Å². The Balaban J connectivity index is 1.92. The molecule has 0 amide bonds. The Morgan fingerprint density at radius 1 is 0.950 bits per heavy atom. The van der Waals surface area contributed by atoms with Crippen molar-refractivity contribution in [3.63, 3.8) is 0 Å². The van der Waals surface area contributed by atoms with Crippen LogP contribution < -0.4 is 15.8 Å². The number of rotatable bonds is 1. The van der Waals surface area contributed by atoms with Gasteiger partial charge in [-0.05, 0) is 54.5 Å². The van der Waals surface area contributed by atoms with E-state index in [1.54, 1.807) is 0 Å². The predicted molar refractivity (Wildman–Crippen MR) is 80.7 cm³/mol. The van der Waals surface area contributed by atoms with Gasteiger partial charge in [-0.15, -0.1) is 0 Å². The quantitative estimate of drug-likeness (QED) is 0.755. The zero-order valence-electron chi connectivity index (χ0n) is 11.0. The van der Waals surface area contributed by atoms with Crippen molar-refractivity contribution >= 4 is 17.3 Å². The number of hydrogen-bond donors (Lipinski definition) is 0. The Morgan fingerprint density at radius 3 is 2.10 bits per heavy atom. The van der Waals surface area contributed by atoms with Gasteiger partial charge in [0.2, 0.25) is 10.9 Å². The molecule has 0 saturated heterocycles. The van der Waals surface area contributed by atoms with E-state index in [0.29, 0.717) is 5.56 Å². The fourth-order valence-electron chi connectivity index (χ4n) is 3.57. The van der Waals surface area contributed by atoms with Crippen LogP contribution in [0.2, 0.25) is 5.02 Å². The van der Waals surface area contributed by atoms with Gasteiger partial charge >= 0.3 is 0 Å². The minimum absolute atomic E-state index is 0.102. The van der Waals surface area contributed by atoms with Crippen molar-refractivity contribution in [2.75, 3.05) is 18.0 Å². The van der Waals surface area contributed by atoms with Gasteiger partial charge in [-0.3, -0.25) is 9.59 Å². The Morgan fingerprint density at radius 2 is 1.55 bits per heavy atom. The van der Waals surface area contributed by atoms with Crippen LogP contribution in [-0.2, 0) is 12.8 Å². The molecule has 0 fully saturated rings. The summed E-state index contributed by atoms with van der Waals surface area (Å²) in [6, 6.07) is 4.11. The Kier molecular flexibility index (Phi) is 2.55. The van der Waals surface area contributed by atoms with Crippen LogP contribution in [0.25, 0.3) is 11.1 Å². The summed E-state index contributed by atoms with van der Waals surface area (Å²) in [4.78, 5) is 25.5. The van der Waals surface area contributed by atoms with Crippen molar-refractivity contribution < 1.29 is 0 Å². The van der Waals surface area contributed by atoms with Gasteiger partial charge < -0.3 is 4.90 Å². The lowest BCUT2D eigenvalue weighted by Crippen LogP contribution is -2.35. The van der Waals surface area contributed by atoms with Gasteiger partial charge in [0.05, 0.1) is 5.56 Å². The Bertz CT molecular complexity index is 755. The van der Waals surface area contributed by atoms with Crippen LogP contribution in [0.15, 0.2) is 21.7 Å². The summed E-state index contributed by atoms with van der Waals surface area (Å²) in [7, 11) is 0. The Labute approximate surface area is 121 Å². The van der Waals surface area contributed by atoms with Gasteiger partial charge in [0.15, 0.2) is 0 Å². The molecule has 0 unspecified atom stereocenters. The van der Waals surface area contributed by atoms with Crippen LogP contribution >= 0.6 is 11.6 Å². The molecule has 0 bridgehead atoms. The maximum absolute atomic E-state index is 11.7. The highest BCUT2D eigenvalue weighted by molar-refractivity contribution is 6.34. The van der Waals surface area contributed by atoms with E-state index in [2.05, 4.69) is 17.0 Å². The monoisotopic (exact) mass is 287 g/mol. The maximum Gasteiger partial charge on any atom is 0.245 e. The van der Waals surface area contributed by atoms with Gasteiger partial charge in [0.1, 0.15) is 5.02 Å². The fourth-order valence-corrected chi connectivity index (χ4v) is 3.85. The van der Waals surface area contributed by atoms with Crippen molar-refractivity contribution in [2.45, 2.75) is 25.7 Å². The molecule has 4 heteroatoms. The molecule has 0 aliphatic carbocycles. The first-order valence-corrected chi connectivity index (χ1v) is 7.44. The molecule has 2 aliphatic heterocycles. The van der Waals surface area contributed by atoms with Crippen molar-refractivity contribution in [3.8, 4) is 11.1 Å². The largest absolute Gasteiger partial charge is 0.371 e. The van der Waals surface area contributed by atoms with Crippen LogP contribution in [0, 0.1) is 0 Å². The average Bonchev–Trinajstić information content (AvgIpc) is 2.47. The second kappa shape index (κ2) is 4.19. The zero-order valence-corrected chi connectivity index (χ0v) is 11.8. The summed E-state index contributed by atoms with van der Waals surface area (Å²) in [5.74, 6) is 0. The summed E-state index contributed by atoms with van der Waals surface area (Å²) < 4.78 is 0. The highest BCUT2D eigenvalue weighted by Crippen LogP contribution is 2.38. The van der Waals surface area contributed by atoms with Gasteiger partial charge in [-0.2, -0.15) is 0 Å². The number of hydrogen-bond acceptors (Lipinski definition) is 3. The summed E-state index contributed by atoms with van der Waals surface area (Å²) in [5, 5.41) is 0.102. The predicted octanol–water partition coefficient (Wildman–Crippen LogP) is 2.30. The van der Waals surface area contributed by atoms with Gasteiger partial charge in [-0.1, -0.05) is 11.6 Å². The third-order valence-electron chi connectivity index (χ3n) is 4.47. The van der Waals surface area contributed by atoms with Crippen molar-refractivity contribution in [1.82, 2.24) is 0 Å². The molecule has 4 rings (SSSR count). The molecule has 2 aromatic rings. The van der Waals surface area contributed by atoms with Gasteiger partial charge in [0.25, 0.3) is 0 Å². The Hall–Kier alpha value is -1.61. The number of aryl methyl sites for hydroxylation is 2. The molecule has 2 aliphatic rings. The molecule has 0 aromatic heterocycles. The molecule has 20 heavy (non-hydrogen) atoms. The second-order valence-corrected chi connectivity index (χ2v) is 6.06. The van der Waals surface area contributed by atoms with Crippen molar-refractivity contribution in [1.29, 1.82) is 0 Å². The number of halogens is 1. The lowest BCUT2D eigenvalue weighted by Gasteiger charge is -2.37. The first kappa shape index (κ1) is 12.2. The molecule has 0 spiro atoms. The average molecular weight is 288 g/mol. The molecule has 0 radical (unpaired) electrons. The minimum atomic E-state index is -0.547. The second-order valence-electron chi connectivity index (χ2n) is 5.68. The third kappa shape index (κ3) is 1.53. The summed E-state index contributed by atoms with van der Waals surface area (Å²) in [6.07, 6.45) is 4.38. The molecule has 102 valence electrons. The smallest absolute Gasteiger partial charge is 0.245 e. The molecule has 0 N–H and O–H groups in total. The van der Waals surface area contributed by atoms with Crippen LogP contribution in [0.1, 0.15) is 24.0 Å². The van der Waals surface area contributed by atoms with E-state index in [1.165, 1.54) is 16.8 Å². The van der Waals surface area contributed by atoms with Crippen molar-refractivity contribution in [2.24, 2.45) is 0 Å². The molecule has 0 atom stereocenters. The van der Waals surface area contributed by atoms with Crippen molar-refractivity contribution in [3.05, 3.63) is 48.7 Å². The zero-order chi connectivity index (χ0) is 13.9. The minimum Gasteiger partial charge on any atom is -0.371 e. The van der Waals surface area contributed by atoms with Gasteiger partial charge in [-0.25, -0.2) is 0 Å². The SMILES string of the molecule is O=c1c(Cl)c(-c2cc3c4c(c2)CCCN4CCC3)c1=O. The highest BCUT2D eigenvalue weighted by Gasteiger charge is 2.27. The van der Waals surface area contributed by atoms with E-state index in [0.717, 1.165) is 44.3 Å². The molecule has 2 aromatic carbocycles. The van der Waals surface area contributed by atoms with E-state index in [1.807, 2.05) is 0 Å². The summed E-state index contributed by atoms with van der Waals surface area (Å²) >= 11 is 5.92. The van der Waals surface area contributed by atoms with E-state index >= 15 is 0 Å². The van der Waals surface area contributed by atoms with Crippen LogP contribution in [-0.4, -0.2) is 13.1 Å². The number of benzene rings is 1. The lowest BCUT2D eigenvalue weighted by atomic mass is 9.87.